The number of benzene rings is 2. The van der Waals surface area contributed by atoms with E-state index in [-0.39, 0.29) is 30.5 Å². The number of nitrogens with one attached hydrogen (secondary N) is 2. The van der Waals surface area contributed by atoms with E-state index in [9.17, 15) is 9.90 Å². The number of esters is 1. The number of para-hydroxylation sites is 2. The molecule has 7 nitrogen and oxygen atoms in total. The maximum absolute atomic E-state index is 11.4. The molecule has 0 saturated carbocycles. The van der Waals surface area contributed by atoms with Gasteiger partial charge in [0.25, 0.3) is 0 Å². The lowest BCUT2D eigenvalue weighted by Crippen LogP contribution is -2.26. The lowest BCUT2D eigenvalue weighted by Gasteiger charge is -2.18. The third kappa shape index (κ3) is 3.03. The number of aliphatic hydroxyl groups excluding tert-OH is 1. The van der Waals surface area contributed by atoms with Gasteiger partial charge in [0.2, 0.25) is 0 Å². The fourth-order valence-electron chi connectivity index (χ4n) is 3.15. The van der Waals surface area contributed by atoms with E-state index < -0.39 is 0 Å². The van der Waals surface area contributed by atoms with Gasteiger partial charge in [-0.25, -0.2) is 4.98 Å². The van der Waals surface area contributed by atoms with E-state index >= 15 is 0 Å². The SMILES string of the molecule is COC(=O)Cc1ccc(N2CC(O)=C(c3nc4ccccc4[nH]3)C2=N)cc1. The first-order valence-corrected chi connectivity index (χ1v) is 8.46. The second-order valence-electron chi connectivity index (χ2n) is 6.28. The molecular formula is C20H18N4O3. The summed E-state index contributed by atoms with van der Waals surface area (Å²) in [5.74, 6) is 0.441. The van der Waals surface area contributed by atoms with Gasteiger partial charge in [-0.1, -0.05) is 24.3 Å². The Hall–Kier alpha value is -3.61. The van der Waals surface area contributed by atoms with E-state index in [2.05, 4.69) is 14.7 Å². The van der Waals surface area contributed by atoms with Gasteiger partial charge in [0.15, 0.2) is 0 Å². The maximum atomic E-state index is 11.4. The van der Waals surface area contributed by atoms with E-state index in [1.807, 2.05) is 48.5 Å². The Bertz CT molecular complexity index is 1030. The fourth-order valence-corrected chi connectivity index (χ4v) is 3.15. The van der Waals surface area contributed by atoms with Crippen molar-refractivity contribution in [1.29, 1.82) is 5.41 Å². The summed E-state index contributed by atoms with van der Waals surface area (Å²) < 4.78 is 4.67. The molecule has 0 fully saturated rings. The van der Waals surface area contributed by atoms with Crippen molar-refractivity contribution in [3.8, 4) is 0 Å². The second kappa shape index (κ2) is 6.60. The Morgan fingerprint density at radius 2 is 2.00 bits per heavy atom. The number of aliphatic hydroxyl groups is 1. The first kappa shape index (κ1) is 16.8. The van der Waals surface area contributed by atoms with Crippen LogP contribution >= 0.6 is 0 Å². The molecule has 0 radical (unpaired) electrons. The van der Waals surface area contributed by atoms with Gasteiger partial charge in [-0.3, -0.25) is 10.2 Å². The van der Waals surface area contributed by atoms with Crippen molar-refractivity contribution in [2.75, 3.05) is 18.6 Å². The van der Waals surface area contributed by atoms with Crippen LogP contribution in [0.15, 0.2) is 54.3 Å². The first-order chi connectivity index (χ1) is 13.1. The number of hydrogen-bond donors (Lipinski definition) is 3. The molecule has 1 aromatic heterocycles. The van der Waals surface area contributed by atoms with E-state index in [1.54, 1.807) is 4.90 Å². The number of imidazole rings is 1. The third-order valence-corrected chi connectivity index (χ3v) is 4.55. The van der Waals surface area contributed by atoms with Crippen molar-refractivity contribution in [3.05, 3.63) is 65.7 Å². The summed E-state index contributed by atoms with van der Waals surface area (Å²) >= 11 is 0. The van der Waals surface area contributed by atoms with Crippen molar-refractivity contribution in [2.45, 2.75) is 6.42 Å². The molecule has 0 bridgehead atoms. The van der Waals surface area contributed by atoms with Crippen molar-refractivity contribution in [1.82, 2.24) is 9.97 Å². The lowest BCUT2D eigenvalue weighted by atomic mass is 10.1. The summed E-state index contributed by atoms with van der Waals surface area (Å²) in [5, 5.41) is 19.0. The predicted octanol–water partition coefficient (Wildman–Crippen LogP) is 3.04. The molecule has 0 unspecified atom stereocenters. The van der Waals surface area contributed by atoms with Gasteiger partial charge in [-0.15, -0.1) is 0 Å². The van der Waals surface area contributed by atoms with Crippen LogP contribution in [0.25, 0.3) is 16.6 Å². The molecule has 0 aliphatic carbocycles. The number of carbonyl (C=O) groups is 1. The van der Waals surface area contributed by atoms with Gasteiger partial charge >= 0.3 is 5.97 Å². The van der Waals surface area contributed by atoms with Crippen LogP contribution in [-0.4, -0.2) is 40.5 Å². The van der Waals surface area contributed by atoms with Crippen LogP contribution in [0.5, 0.6) is 0 Å². The van der Waals surface area contributed by atoms with Crippen molar-refractivity contribution in [2.24, 2.45) is 0 Å². The van der Waals surface area contributed by atoms with Crippen LogP contribution in [0.1, 0.15) is 11.4 Å². The van der Waals surface area contributed by atoms with Crippen LogP contribution in [-0.2, 0) is 16.0 Å². The molecule has 2 heterocycles. The molecule has 3 aromatic rings. The van der Waals surface area contributed by atoms with Gasteiger partial charge < -0.3 is 19.7 Å². The molecule has 4 rings (SSSR count). The molecule has 0 saturated heterocycles. The predicted molar refractivity (Wildman–Crippen MR) is 103 cm³/mol. The van der Waals surface area contributed by atoms with Gasteiger partial charge in [-0.2, -0.15) is 0 Å². The van der Waals surface area contributed by atoms with E-state index in [1.165, 1.54) is 7.11 Å². The lowest BCUT2D eigenvalue weighted by molar-refractivity contribution is -0.139. The number of amidine groups is 1. The zero-order chi connectivity index (χ0) is 19.0. The molecule has 27 heavy (non-hydrogen) atoms. The topological polar surface area (TPSA) is 102 Å². The van der Waals surface area contributed by atoms with Crippen LogP contribution in [0.4, 0.5) is 5.69 Å². The minimum Gasteiger partial charge on any atom is -0.509 e. The summed E-state index contributed by atoms with van der Waals surface area (Å²) in [7, 11) is 1.36. The van der Waals surface area contributed by atoms with Crippen LogP contribution in [0.3, 0.4) is 0 Å². The highest BCUT2D eigenvalue weighted by Crippen LogP contribution is 2.30. The minimum atomic E-state index is -0.303. The fraction of sp³-hybridized carbons (Fsp3) is 0.150. The maximum Gasteiger partial charge on any atom is 0.309 e. The van der Waals surface area contributed by atoms with E-state index in [0.29, 0.717) is 11.4 Å². The summed E-state index contributed by atoms with van der Waals surface area (Å²) in [5.41, 5.74) is 3.61. The number of aromatic amines is 1. The van der Waals surface area contributed by atoms with Gasteiger partial charge in [0.05, 0.1) is 36.7 Å². The first-order valence-electron chi connectivity index (χ1n) is 8.46. The van der Waals surface area contributed by atoms with Crippen LogP contribution < -0.4 is 4.90 Å². The molecular weight excluding hydrogens is 344 g/mol. The number of aromatic nitrogens is 2. The summed E-state index contributed by atoms with van der Waals surface area (Å²) in [6.07, 6.45) is 0.196. The zero-order valence-electron chi connectivity index (χ0n) is 14.7. The average molecular weight is 362 g/mol. The second-order valence-corrected chi connectivity index (χ2v) is 6.28. The molecule has 0 atom stereocenters. The van der Waals surface area contributed by atoms with Gasteiger partial charge in [0.1, 0.15) is 17.4 Å². The Kier molecular flexibility index (Phi) is 4.12. The molecule has 136 valence electrons. The number of nitrogens with zero attached hydrogens (tertiary/aromatic N) is 2. The quantitative estimate of drug-likeness (QED) is 0.619. The number of ether oxygens (including phenoxy) is 1. The minimum absolute atomic E-state index is 0.0951. The summed E-state index contributed by atoms with van der Waals surface area (Å²) in [4.78, 5) is 20.7. The van der Waals surface area contributed by atoms with Crippen molar-refractivity contribution >= 4 is 34.1 Å². The number of hydrogen-bond acceptors (Lipinski definition) is 5. The largest absolute Gasteiger partial charge is 0.509 e. The van der Waals surface area contributed by atoms with Crippen molar-refractivity contribution in [3.63, 3.8) is 0 Å². The highest BCUT2D eigenvalue weighted by molar-refractivity contribution is 6.30. The Morgan fingerprint density at radius 1 is 1.26 bits per heavy atom. The van der Waals surface area contributed by atoms with Gasteiger partial charge in [0, 0.05) is 5.69 Å². The number of anilines is 1. The highest BCUT2D eigenvalue weighted by Gasteiger charge is 2.31. The third-order valence-electron chi connectivity index (χ3n) is 4.55. The molecule has 3 N–H and O–H groups in total. The standard InChI is InChI=1S/C20H18N4O3/c1-27-17(26)10-12-6-8-13(9-7-12)24-11-16(25)18(19(24)21)20-22-14-4-2-3-5-15(14)23-20/h2-9,21,25H,10-11H2,1H3,(H,22,23). The molecule has 2 aromatic carbocycles. The smallest absolute Gasteiger partial charge is 0.309 e. The normalized spacial score (nSPS) is 14.3. The molecule has 1 aliphatic heterocycles. The summed E-state index contributed by atoms with van der Waals surface area (Å²) in [6, 6.07) is 14.8. The monoisotopic (exact) mass is 362 g/mol. The molecule has 0 amide bonds. The number of rotatable bonds is 4. The number of fused-ring (bicyclic) bond motifs is 1. The number of methoxy groups -OCH3 is 1. The van der Waals surface area contributed by atoms with Gasteiger partial charge in [-0.05, 0) is 29.8 Å². The molecule has 7 heteroatoms. The van der Waals surface area contributed by atoms with Crippen molar-refractivity contribution < 1.29 is 14.6 Å². The Balaban J connectivity index is 1.59. The zero-order valence-corrected chi connectivity index (χ0v) is 14.7. The highest BCUT2D eigenvalue weighted by atomic mass is 16.5. The number of H-pyrrole nitrogens is 1. The van der Waals surface area contributed by atoms with Crippen LogP contribution in [0, 0.1) is 5.41 Å². The number of carbonyl (C=O) groups excluding carboxylic acids is 1. The summed E-state index contributed by atoms with van der Waals surface area (Å²) in [6.45, 7) is 0.196. The molecule has 1 aliphatic rings. The van der Waals surface area contributed by atoms with E-state index in [0.717, 1.165) is 22.3 Å². The molecule has 0 spiro atoms. The van der Waals surface area contributed by atoms with Crippen LogP contribution in [0.2, 0.25) is 0 Å². The van der Waals surface area contributed by atoms with E-state index in [4.69, 9.17) is 5.41 Å². The average Bonchev–Trinajstić information content (AvgIpc) is 3.22. The Morgan fingerprint density at radius 3 is 2.70 bits per heavy atom. The Labute approximate surface area is 155 Å².